The highest BCUT2D eigenvalue weighted by Crippen LogP contribution is 2.24. The van der Waals surface area contributed by atoms with Gasteiger partial charge in [0, 0.05) is 24.6 Å². The molecular weight excluding hydrogens is 250 g/mol. The fourth-order valence-electron chi connectivity index (χ4n) is 2.13. The Labute approximate surface area is 111 Å². The van der Waals surface area contributed by atoms with E-state index in [1.54, 1.807) is 18.0 Å². The molecule has 1 aromatic rings. The summed E-state index contributed by atoms with van der Waals surface area (Å²) in [4.78, 5) is 14.8. The summed E-state index contributed by atoms with van der Waals surface area (Å²) in [5.74, 6) is 2.62. The van der Waals surface area contributed by atoms with Crippen molar-refractivity contribution in [1.82, 2.24) is 14.7 Å². The van der Waals surface area contributed by atoms with Gasteiger partial charge in [0.2, 0.25) is 5.78 Å². The normalized spacial score (nSPS) is 20.9. The Kier molecular flexibility index (Phi) is 4.29. The van der Waals surface area contributed by atoms with Gasteiger partial charge in [0.25, 0.3) is 0 Å². The second-order valence-corrected chi connectivity index (χ2v) is 5.46. The Bertz CT molecular complexity index is 411. The van der Waals surface area contributed by atoms with E-state index in [0.29, 0.717) is 18.0 Å². The van der Waals surface area contributed by atoms with Gasteiger partial charge in [-0.05, 0) is 14.0 Å². The van der Waals surface area contributed by atoms with Gasteiger partial charge in [-0.15, -0.1) is 0 Å². The van der Waals surface area contributed by atoms with Crippen molar-refractivity contribution in [3.8, 4) is 5.75 Å². The molecule has 2 rings (SSSR count). The van der Waals surface area contributed by atoms with Crippen LogP contribution in [0, 0.1) is 0 Å². The summed E-state index contributed by atoms with van der Waals surface area (Å²) in [5.41, 5.74) is 0.597. The quantitative estimate of drug-likeness (QED) is 0.767. The molecule has 0 spiro atoms. The van der Waals surface area contributed by atoms with E-state index < -0.39 is 0 Å². The third-order valence-electron chi connectivity index (χ3n) is 3.26. The number of aryl methyl sites for hydroxylation is 1. The molecule has 18 heavy (non-hydrogen) atoms. The Balaban J connectivity index is 2.29. The topological polar surface area (TPSA) is 47.4 Å². The van der Waals surface area contributed by atoms with E-state index in [2.05, 4.69) is 10.00 Å². The molecule has 100 valence electrons. The van der Waals surface area contributed by atoms with Crippen LogP contribution in [0.4, 0.5) is 0 Å². The van der Waals surface area contributed by atoms with Gasteiger partial charge in [-0.1, -0.05) is 0 Å². The van der Waals surface area contributed by atoms with Crippen molar-refractivity contribution in [2.24, 2.45) is 0 Å². The monoisotopic (exact) mass is 269 g/mol. The van der Waals surface area contributed by atoms with Gasteiger partial charge in [-0.3, -0.25) is 14.4 Å². The van der Waals surface area contributed by atoms with Crippen LogP contribution in [-0.4, -0.2) is 58.7 Å². The predicted octanol–water partition coefficient (Wildman–Crippen LogP) is 1.14. The number of aromatic nitrogens is 2. The van der Waals surface area contributed by atoms with E-state index in [0.717, 1.165) is 18.1 Å². The molecule has 1 aliphatic rings. The number of hydrogen-bond acceptors (Lipinski definition) is 5. The highest BCUT2D eigenvalue weighted by atomic mass is 32.2. The summed E-state index contributed by atoms with van der Waals surface area (Å²) in [5, 5.41) is 4.19. The van der Waals surface area contributed by atoms with Crippen LogP contribution in [0.2, 0.25) is 0 Å². The average Bonchev–Trinajstić information content (AvgIpc) is 2.81. The van der Waals surface area contributed by atoms with E-state index in [1.807, 2.05) is 25.7 Å². The lowest BCUT2D eigenvalue weighted by Gasteiger charge is -2.30. The number of Topliss-reactive ketones (excluding diaryl/α,β-unsaturated/α-hetero) is 1. The van der Waals surface area contributed by atoms with Crippen molar-refractivity contribution in [2.75, 3.05) is 32.2 Å². The standard InChI is InChI=1S/C12H19N3O2S/c1-4-15-11(10(17-3)7-13-15)12(16)9-8-18-6-5-14(9)2/h7,9H,4-6,8H2,1-3H3. The number of hydrogen-bond donors (Lipinski definition) is 0. The van der Waals surface area contributed by atoms with E-state index in [1.165, 1.54) is 0 Å². The SMILES string of the molecule is CCn1ncc(OC)c1C(=O)C1CSCCN1C. The fourth-order valence-corrected chi connectivity index (χ4v) is 3.34. The molecule has 1 atom stereocenters. The van der Waals surface area contributed by atoms with Gasteiger partial charge in [-0.25, -0.2) is 0 Å². The lowest BCUT2D eigenvalue weighted by Crippen LogP contribution is -2.45. The molecule has 1 fully saturated rings. The second-order valence-electron chi connectivity index (χ2n) is 4.31. The first-order valence-electron chi connectivity index (χ1n) is 6.11. The van der Waals surface area contributed by atoms with Gasteiger partial charge >= 0.3 is 0 Å². The van der Waals surface area contributed by atoms with Crippen molar-refractivity contribution in [3.63, 3.8) is 0 Å². The number of thioether (sulfide) groups is 1. The van der Waals surface area contributed by atoms with Crippen molar-refractivity contribution < 1.29 is 9.53 Å². The molecule has 0 bridgehead atoms. The molecule has 2 heterocycles. The molecule has 0 N–H and O–H groups in total. The number of ether oxygens (including phenoxy) is 1. The van der Waals surface area contributed by atoms with E-state index in [4.69, 9.17) is 4.74 Å². The molecule has 0 amide bonds. The van der Waals surface area contributed by atoms with Gasteiger partial charge < -0.3 is 4.74 Å². The molecule has 0 aromatic carbocycles. The first kappa shape index (κ1) is 13.4. The van der Waals surface area contributed by atoms with Crippen LogP contribution in [0.3, 0.4) is 0 Å². The van der Waals surface area contributed by atoms with Crippen molar-refractivity contribution in [3.05, 3.63) is 11.9 Å². The summed E-state index contributed by atoms with van der Waals surface area (Å²) in [6.07, 6.45) is 1.62. The minimum atomic E-state index is -0.0698. The summed E-state index contributed by atoms with van der Waals surface area (Å²) in [6, 6.07) is -0.0698. The maximum atomic E-state index is 12.6. The van der Waals surface area contributed by atoms with Gasteiger partial charge in [0.1, 0.15) is 5.69 Å². The third-order valence-corrected chi connectivity index (χ3v) is 4.28. The zero-order chi connectivity index (χ0) is 13.1. The van der Waals surface area contributed by atoms with Crippen LogP contribution in [0.25, 0.3) is 0 Å². The summed E-state index contributed by atoms with van der Waals surface area (Å²) >= 11 is 1.83. The zero-order valence-electron chi connectivity index (χ0n) is 11.0. The molecule has 0 radical (unpaired) electrons. The molecule has 1 aromatic heterocycles. The summed E-state index contributed by atoms with van der Waals surface area (Å²) in [6.45, 7) is 3.60. The van der Waals surface area contributed by atoms with E-state index in [9.17, 15) is 4.79 Å². The van der Waals surface area contributed by atoms with Gasteiger partial charge in [0.05, 0.1) is 19.3 Å². The van der Waals surface area contributed by atoms with Crippen LogP contribution in [0.1, 0.15) is 17.4 Å². The first-order valence-corrected chi connectivity index (χ1v) is 7.26. The molecule has 1 unspecified atom stereocenters. The number of methoxy groups -OCH3 is 1. The first-order chi connectivity index (χ1) is 8.69. The number of ketones is 1. The smallest absolute Gasteiger partial charge is 0.202 e. The lowest BCUT2D eigenvalue weighted by atomic mass is 10.1. The number of nitrogens with zero attached hydrogens (tertiary/aromatic N) is 3. The summed E-state index contributed by atoms with van der Waals surface area (Å²) < 4.78 is 6.96. The Morgan fingerprint density at radius 1 is 1.67 bits per heavy atom. The maximum absolute atomic E-state index is 12.6. The largest absolute Gasteiger partial charge is 0.493 e. The van der Waals surface area contributed by atoms with Crippen LogP contribution >= 0.6 is 11.8 Å². The fraction of sp³-hybridized carbons (Fsp3) is 0.667. The number of carbonyl (C=O) groups excluding carboxylic acids is 1. The molecule has 1 aliphatic heterocycles. The molecule has 0 aliphatic carbocycles. The maximum Gasteiger partial charge on any atom is 0.202 e. The third kappa shape index (κ3) is 2.40. The van der Waals surface area contributed by atoms with Crippen molar-refractivity contribution in [2.45, 2.75) is 19.5 Å². The highest BCUT2D eigenvalue weighted by molar-refractivity contribution is 7.99. The Hall–Kier alpha value is -1.01. The number of rotatable bonds is 4. The van der Waals surface area contributed by atoms with Crippen LogP contribution < -0.4 is 4.74 Å². The molecule has 5 nitrogen and oxygen atoms in total. The second kappa shape index (κ2) is 5.75. The van der Waals surface area contributed by atoms with Crippen molar-refractivity contribution >= 4 is 17.5 Å². The van der Waals surface area contributed by atoms with Crippen LogP contribution in [0.5, 0.6) is 5.75 Å². The molecule has 6 heteroatoms. The van der Waals surface area contributed by atoms with E-state index in [-0.39, 0.29) is 11.8 Å². The van der Waals surface area contributed by atoms with Gasteiger partial charge in [-0.2, -0.15) is 16.9 Å². The van der Waals surface area contributed by atoms with Crippen LogP contribution in [0.15, 0.2) is 6.20 Å². The Morgan fingerprint density at radius 3 is 3.06 bits per heavy atom. The molecule has 0 saturated carbocycles. The average molecular weight is 269 g/mol. The number of carbonyl (C=O) groups is 1. The highest BCUT2D eigenvalue weighted by Gasteiger charge is 2.31. The van der Waals surface area contributed by atoms with Gasteiger partial charge in [0.15, 0.2) is 5.75 Å². The lowest BCUT2D eigenvalue weighted by molar-refractivity contribution is 0.0860. The molecular formula is C12H19N3O2S. The minimum absolute atomic E-state index is 0.0698. The summed E-state index contributed by atoms with van der Waals surface area (Å²) in [7, 11) is 3.58. The zero-order valence-corrected chi connectivity index (χ0v) is 11.9. The Morgan fingerprint density at radius 2 is 2.44 bits per heavy atom. The van der Waals surface area contributed by atoms with Crippen molar-refractivity contribution in [1.29, 1.82) is 0 Å². The molecule has 1 saturated heterocycles. The van der Waals surface area contributed by atoms with Crippen LogP contribution in [-0.2, 0) is 6.54 Å². The minimum Gasteiger partial charge on any atom is -0.493 e. The number of likely N-dealkylation sites (N-methyl/N-ethyl adjacent to an activating group) is 1. The van der Waals surface area contributed by atoms with E-state index >= 15 is 0 Å². The predicted molar refractivity (Wildman–Crippen MR) is 72.5 cm³/mol.